The van der Waals surface area contributed by atoms with Gasteiger partial charge in [-0.05, 0) is 36.4 Å². The highest BCUT2D eigenvalue weighted by Gasteiger charge is 2.24. The number of hydrogen-bond donors (Lipinski definition) is 1. The molecule has 5 heteroatoms. The van der Waals surface area contributed by atoms with Crippen LogP contribution in [-0.4, -0.2) is 56.0 Å². The van der Waals surface area contributed by atoms with E-state index in [1.807, 2.05) is 30.5 Å². The van der Waals surface area contributed by atoms with Crippen molar-refractivity contribution >= 4 is 17.7 Å². The number of morpholine rings is 1. The van der Waals surface area contributed by atoms with Crippen LogP contribution >= 0.6 is 11.8 Å². The van der Waals surface area contributed by atoms with Crippen molar-refractivity contribution in [2.24, 2.45) is 5.92 Å². The summed E-state index contributed by atoms with van der Waals surface area (Å²) in [6.45, 7) is 8.56. The molecule has 1 heterocycles. The number of carbonyl (C=O) groups is 1. The molecule has 1 fully saturated rings. The van der Waals surface area contributed by atoms with E-state index >= 15 is 0 Å². The van der Waals surface area contributed by atoms with Gasteiger partial charge in [-0.15, -0.1) is 11.8 Å². The van der Waals surface area contributed by atoms with E-state index in [9.17, 15) is 4.79 Å². The van der Waals surface area contributed by atoms with Gasteiger partial charge in [0.1, 0.15) is 0 Å². The molecule has 0 aromatic heterocycles. The van der Waals surface area contributed by atoms with Crippen molar-refractivity contribution in [1.82, 2.24) is 10.2 Å². The maximum Gasteiger partial charge on any atom is 0.251 e. The van der Waals surface area contributed by atoms with Crippen LogP contribution in [0.2, 0.25) is 0 Å². The van der Waals surface area contributed by atoms with Crippen molar-refractivity contribution in [3.05, 3.63) is 29.8 Å². The fourth-order valence-corrected chi connectivity index (χ4v) is 3.15. The SMILES string of the molecule is CSc1ccc(C(=O)NCC(C(C)C)N2CCOCC2)cc1. The second-order valence-corrected chi connectivity index (χ2v) is 6.78. The molecule has 2 rings (SSSR count). The van der Waals surface area contributed by atoms with Crippen LogP contribution in [0.1, 0.15) is 24.2 Å². The Labute approximate surface area is 137 Å². The van der Waals surface area contributed by atoms with E-state index in [0.717, 1.165) is 31.9 Å². The molecule has 0 spiro atoms. The number of nitrogens with one attached hydrogen (secondary N) is 1. The number of carbonyl (C=O) groups excluding carboxylic acids is 1. The van der Waals surface area contributed by atoms with Crippen LogP contribution in [-0.2, 0) is 4.74 Å². The third-order valence-corrected chi connectivity index (χ3v) is 4.85. The highest BCUT2D eigenvalue weighted by Crippen LogP contribution is 2.15. The van der Waals surface area contributed by atoms with Gasteiger partial charge in [0.2, 0.25) is 0 Å². The van der Waals surface area contributed by atoms with Crippen molar-refractivity contribution in [2.45, 2.75) is 24.8 Å². The Morgan fingerprint density at radius 1 is 1.27 bits per heavy atom. The first-order chi connectivity index (χ1) is 10.6. The number of nitrogens with zero attached hydrogens (tertiary/aromatic N) is 1. The molecule has 0 aliphatic carbocycles. The third-order valence-electron chi connectivity index (χ3n) is 4.11. The third kappa shape index (κ3) is 4.73. The van der Waals surface area contributed by atoms with Crippen molar-refractivity contribution in [2.75, 3.05) is 39.1 Å². The van der Waals surface area contributed by atoms with E-state index in [-0.39, 0.29) is 5.91 Å². The Balaban J connectivity index is 1.91. The highest BCUT2D eigenvalue weighted by molar-refractivity contribution is 7.98. The Kier molecular flexibility index (Phi) is 6.73. The van der Waals surface area contributed by atoms with Gasteiger partial charge in [-0.3, -0.25) is 9.69 Å². The van der Waals surface area contributed by atoms with Gasteiger partial charge in [-0.2, -0.15) is 0 Å². The average Bonchev–Trinajstić information content (AvgIpc) is 2.55. The Hall–Kier alpha value is -1.04. The molecule has 0 radical (unpaired) electrons. The maximum absolute atomic E-state index is 12.3. The van der Waals surface area contributed by atoms with Crippen molar-refractivity contribution in [3.8, 4) is 0 Å². The van der Waals surface area contributed by atoms with Gasteiger partial charge in [-0.1, -0.05) is 13.8 Å². The molecule has 1 aliphatic heterocycles. The summed E-state index contributed by atoms with van der Waals surface area (Å²) < 4.78 is 5.42. The van der Waals surface area contributed by atoms with Gasteiger partial charge in [0.05, 0.1) is 13.2 Å². The smallest absolute Gasteiger partial charge is 0.251 e. The number of benzene rings is 1. The molecule has 1 saturated heterocycles. The molecule has 1 atom stereocenters. The van der Waals surface area contributed by atoms with Crippen molar-refractivity contribution < 1.29 is 9.53 Å². The molecule has 0 saturated carbocycles. The lowest BCUT2D eigenvalue weighted by molar-refractivity contribution is 0.00673. The van der Waals surface area contributed by atoms with E-state index in [2.05, 4.69) is 24.1 Å². The summed E-state index contributed by atoms with van der Waals surface area (Å²) in [6.07, 6.45) is 2.03. The first kappa shape index (κ1) is 17.3. The molecule has 1 N–H and O–H groups in total. The zero-order valence-electron chi connectivity index (χ0n) is 13.7. The number of hydrogen-bond acceptors (Lipinski definition) is 4. The molecule has 122 valence electrons. The minimum atomic E-state index is 0.00608. The quantitative estimate of drug-likeness (QED) is 0.817. The summed E-state index contributed by atoms with van der Waals surface area (Å²) in [5.74, 6) is 0.504. The Morgan fingerprint density at radius 2 is 1.91 bits per heavy atom. The lowest BCUT2D eigenvalue weighted by atomic mass is 10.0. The van der Waals surface area contributed by atoms with E-state index in [1.165, 1.54) is 4.90 Å². The lowest BCUT2D eigenvalue weighted by Crippen LogP contribution is -2.51. The maximum atomic E-state index is 12.3. The zero-order chi connectivity index (χ0) is 15.9. The van der Waals surface area contributed by atoms with Gasteiger partial charge >= 0.3 is 0 Å². The number of rotatable bonds is 6. The highest BCUT2D eigenvalue weighted by atomic mass is 32.2. The first-order valence-electron chi connectivity index (χ1n) is 7.86. The molecule has 1 unspecified atom stereocenters. The van der Waals surface area contributed by atoms with Crippen LogP contribution in [0, 0.1) is 5.92 Å². The van der Waals surface area contributed by atoms with E-state index in [4.69, 9.17) is 4.74 Å². The monoisotopic (exact) mass is 322 g/mol. The van der Waals surface area contributed by atoms with Gasteiger partial charge < -0.3 is 10.1 Å². The van der Waals surface area contributed by atoms with E-state index < -0.39 is 0 Å². The molecule has 1 aromatic rings. The summed E-state index contributed by atoms with van der Waals surface area (Å²) in [5, 5.41) is 3.09. The molecule has 22 heavy (non-hydrogen) atoms. The predicted molar refractivity (Wildman–Crippen MR) is 91.6 cm³/mol. The topological polar surface area (TPSA) is 41.6 Å². The van der Waals surface area contributed by atoms with Crippen LogP contribution < -0.4 is 5.32 Å². The zero-order valence-corrected chi connectivity index (χ0v) is 14.5. The summed E-state index contributed by atoms with van der Waals surface area (Å²) >= 11 is 1.68. The van der Waals surface area contributed by atoms with Crippen LogP contribution in [0.15, 0.2) is 29.2 Å². The van der Waals surface area contributed by atoms with Gasteiger partial charge in [-0.25, -0.2) is 0 Å². The first-order valence-corrected chi connectivity index (χ1v) is 9.08. The largest absolute Gasteiger partial charge is 0.379 e. The molecule has 1 aliphatic rings. The fraction of sp³-hybridized carbons (Fsp3) is 0.588. The fourth-order valence-electron chi connectivity index (χ4n) is 2.74. The second-order valence-electron chi connectivity index (χ2n) is 5.90. The molecule has 4 nitrogen and oxygen atoms in total. The van der Waals surface area contributed by atoms with Crippen LogP contribution in [0.4, 0.5) is 0 Å². The van der Waals surface area contributed by atoms with Crippen molar-refractivity contribution in [3.63, 3.8) is 0 Å². The molecule has 1 amide bonds. The minimum absolute atomic E-state index is 0.00608. The van der Waals surface area contributed by atoms with Gasteiger partial charge in [0.25, 0.3) is 5.91 Å². The number of thioether (sulfide) groups is 1. The molecular formula is C17H26N2O2S. The lowest BCUT2D eigenvalue weighted by Gasteiger charge is -2.36. The predicted octanol–water partition coefficient (Wildman–Crippen LogP) is 2.50. The van der Waals surface area contributed by atoms with Crippen LogP contribution in [0.3, 0.4) is 0 Å². The second kappa shape index (κ2) is 8.56. The Morgan fingerprint density at radius 3 is 2.45 bits per heavy atom. The van der Waals surface area contributed by atoms with Crippen LogP contribution in [0.25, 0.3) is 0 Å². The standard InChI is InChI=1S/C17H26N2O2S/c1-13(2)16(19-8-10-21-11-9-19)12-18-17(20)14-4-6-15(22-3)7-5-14/h4-7,13,16H,8-12H2,1-3H3,(H,18,20). The minimum Gasteiger partial charge on any atom is -0.379 e. The van der Waals surface area contributed by atoms with Crippen LogP contribution in [0.5, 0.6) is 0 Å². The number of amides is 1. The molecule has 0 bridgehead atoms. The summed E-state index contributed by atoms with van der Waals surface area (Å²) in [6, 6.07) is 8.11. The number of ether oxygens (including phenoxy) is 1. The van der Waals surface area contributed by atoms with E-state index in [0.29, 0.717) is 18.5 Å². The summed E-state index contributed by atoms with van der Waals surface area (Å²) in [5.41, 5.74) is 0.724. The normalized spacial score (nSPS) is 17.5. The van der Waals surface area contributed by atoms with E-state index in [1.54, 1.807) is 11.8 Å². The van der Waals surface area contributed by atoms with Crippen molar-refractivity contribution in [1.29, 1.82) is 0 Å². The van der Waals surface area contributed by atoms with Gasteiger partial charge in [0.15, 0.2) is 0 Å². The molecule has 1 aromatic carbocycles. The summed E-state index contributed by atoms with van der Waals surface area (Å²) in [7, 11) is 0. The average molecular weight is 322 g/mol. The Bertz CT molecular complexity index is 470. The summed E-state index contributed by atoms with van der Waals surface area (Å²) in [4.78, 5) is 15.9. The molecular weight excluding hydrogens is 296 g/mol. The van der Waals surface area contributed by atoms with Gasteiger partial charge in [0, 0.05) is 36.1 Å².